The van der Waals surface area contributed by atoms with Crippen LogP contribution in [0.15, 0.2) is 46.9 Å². The molecule has 0 saturated carbocycles. The largest absolute Gasteiger partial charge is 0.377 e. The van der Waals surface area contributed by atoms with Crippen molar-refractivity contribution in [3.05, 3.63) is 62.5 Å². The zero-order valence-corrected chi connectivity index (χ0v) is 13.1. The highest BCUT2D eigenvalue weighted by Gasteiger charge is 2.13. The molecule has 0 radical (unpaired) electrons. The standard InChI is InChI=1S/C14H13BrCl2N2/c15-9-4-5-13(17)12(6-9)14(8-18)19-11-3-1-2-10(16)7-11/h1-7,14,19H,8,18H2. The molecule has 100 valence electrons. The van der Waals surface area contributed by atoms with Crippen molar-refractivity contribution in [3.8, 4) is 0 Å². The molecule has 0 spiro atoms. The van der Waals surface area contributed by atoms with Crippen LogP contribution in [0.25, 0.3) is 0 Å². The molecule has 0 aliphatic rings. The van der Waals surface area contributed by atoms with Gasteiger partial charge in [0.15, 0.2) is 0 Å². The molecule has 0 heterocycles. The van der Waals surface area contributed by atoms with E-state index in [1.54, 1.807) is 0 Å². The van der Waals surface area contributed by atoms with Gasteiger partial charge < -0.3 is 11.1 Å². The smallest absolute Gasteiger partial charge is 0.0651 e. The van der Waals surface area contributed by atoms with E-state index in [0.29, 0.717) is 16.6 Å². The molecule has 2 aromatic rings. The summed E-state index contributed by atoms with van der Waals surface area (Å²) in [6.07, 6.45) is 0. The summed E-state index contributed by atoms with van der Waals surface area (Å²) in [5.41, 5.74) is 7.71. The fourth-order valence-electron chi connectivity index (χ4n) is 1.82. The van der Waals surface area contributed by atoms with Crippen LogP contribution >= 0.6 is 39.1 Å². The Morgan fingerprint density at radius 2 is 1.95 bits per heavy atom. The number of anilines is 1. The van der Waals surface area contributed by atoms with Gasteiger partial charge in [-0.15, -0.1) is 0 Å². The second-order valence-electron chi connectivity index (χ2n) is 4.11. The van der Waals surface area contributed by atoms with Gasteiger partial charge in [0, 0.05) is 26.8 Å². The van der Waals surface area contributed by atoms with Gasteiger partial charge in [-0.2, -0.15) is 0 Å². The lowest BCUT2D eigenvalue weighted by atomic mass is 10.1. The average molecular weight is 360 g/mol. The quantitative estimate of drug-likeness (QED) is 0.817. The SMILES string of the molecule is NCC(Nc1cccc(Cl)c1)c1cc(Br)ccc1Cl. The second kappa shape index (κ2) is 6.62. The highest BCUT2D eigenvalue weighted by Crippen LogP contribution is 2.29. The van der Waals surface area contributed by atoms with E-state index in [2.05, 4.69) is 21.2 Å². The molecule has 0 aliphatic carbocycles. The Labute approximate surface area is 131 Å². The Morgan fingerprint density at radius 3 is 2.63 bits per heavy atom. The normalized spacial score (nSPS) is 12.2. The molecule has 3 N–H and O–H groups in total. The van der Waals surface area contributed by atoms with Gasteiger partial charge in [-0.05, 0) is 42.0 Å². The Morgan fingerprint density at radius 1 is 1.16 bits per heavy atom. The van der Waals surface area contributed by atoms with Gasteiger partial charge in [-0.25, -0.2) is 0 Å². The Hall–Kier alpha value is -0.740. The summed E-state index contributed by atoms with van der Waals surface area (Å²) in [4.78, 5) is 0. The maximum Gasteiger partial charge on any atom is 0.0651 e. The van der Waals surface area contributed by atoms with Gasteiger partial charge in [0.25, 0.3) is 0 Å². The molecule has 0 aliphatic heterocycles. The minimum absolute atomic E-state index is 0.0662. The minimum Gasteiger partial charge on any atom is -0.377 e. The summed E-state index contributed by atoms with van der Waals surface area (Å²) in [6, 6.07) is 13.2. The van der Waals surface area contributed by atoms with Crippen molar-refractivity contribution in [1.82, 2.24) is 0 Å². The monoisotopic (exact) mass is 358 g/mol. The molecule has 1 atom stereocenters. The van der Waals surface area contributed by atoms with Crippen molar-refractivity contribution in [1.29, 1.82) is 0 Å². The molecule has 0 aromatic heterocycles. The van der Waals surface area contributed by atoms with E-state index >= 15 is 0 Å². The van der Waals surface area contributed by atoms with Crippen LogP contribution in [0, 0.1) is 0 Å². The second-order valence-corrected chi connectivity index (χ2v) is 5.87. The van der Waals surface area contributed by atoms with Crippen LogP contribution in [0.5, 0.6) is 0 Å². The predicted molar refractivity (Wildman–Crippen MR) is 86.0 cm³/mol. The maximum atomic E-state index is 6.22. The fourth-order valence-corrected chi connectivity index (χ4v) is 2.64. The maximum absolute atomic E-state index is 6.22. The van der Waals surface area contributed by atoms with E-state index in [9.17, 15) is 0 Å². The van der Waals surface area contributed by atoms with Crippen LogP contribution < -0.4 is 11.1 Å². The van der Waals surface area contributed by atoms with Gasteiger partial charge in [0.2, 0.25) is 0 Å². The molecule has 1 unspecified atom stereocenters. The molecule has 2 aromatic carbocycles. The topological polar surface area (TPSA) is 38.0 Å². The van der Waals surface area contributed by atoms with Gasteiger partial charge in [0.05, 0.1) is 6.04 Å². The van der Waals surface area contributed by atoms with Crippen molar-refractivity contribution in [2.75, 3.05) is 11.9 Å². The van der Waals surface area contributed by atoms with Crippen molar-refractivity contribution in [2.45, 2.75) is 6.04 Å². The van der Waals surface area contributed by atoms with E-state index in [4.69, 9.17) is 28.9 Å². The Bertz CT molecular complexity index is 575. The lowest BCUT2D eigenvalue weighted by molar-refractivity contribution is 0.790. The molecule has 0 saturated heterocycles. The van der Waals surface area contributed by atoms with E-state index in [1.807, 2.05) is 42.5 Å². The summed E-state index contributed by atoms with van der Waals surface area (Å²) < 4.78 is 0.971. The zero-order valence-electron chi connectivity index (χ0n) is 10.0. The number of hydrogen-bond acceptors (Lipinski definition) is 2. The third-order valence-corrected chi connectivity index (χ3v) is 3.81. The van der Waals surface area contributed by atoms with Crippen molar-refractivity contribution >= 4 is 44.8 Å². The van der Waals surface area contributed by atoms with Crippen LogP contribution in [0.2, 0.25) is 10.0 Å². The van der Waals surface area contributed by atoms with Crippen LogP contribution in [-0.2, 0) is 0 Å². The first-order valence-electron chi connectivity index (χ1n) is 5.77. The summed E-state index contributed by atoms with van der Waals surface area (Å²) in [5, 5.41) is 4.71. The third kappa shape index (κ3) is 3.86. The minimum atomic E-state index is -0.0662. The lowest BCUT2D eigenvalue weighted by Crippen LogP contribution is -2.21. The first-order valence-corrected chi connectivity index (χ1v) is 7.32. The number of benzene rings is 2. The van der Waals surface area contributed by atoms with Crippen LogP contribution in [0.1, 0.15) is 11.6 Å². The summed E-state index contributed by atoms with van der Waals surface area (Å²) >= 11 is 15.6. The highest BCUT2D eigenvalue weighted by molar-refractivity contribution is 9.10. The Balaban J connectivity index is 2.27. The number of nitrogens with one attached hydrogen (secondary N) is 1. The van der Waals surface area contributed by atoms with E-state index in [0.717, 1.165) is 15.7 Å². The molecule has 2 nitrogen and oxygen atoms in total. The predicted octanol–water partition coefficient (Wildman–Crippen LogP) is 4.87. The van der Waals surface area contributed by atoms with Crippen LogP contribution in [-0.4, -0.2) is 6.54 Å². The molecule has 0 fully saturated rings. The van der Waals surface area contributed by atoms with Crippen LogP contribution in [0.4, 0.5) is 5.69 Å². The summed E-state index contributed by atoms with van der Waals surface area (Å²) in [7, 11) is 0. The Kier molecular flexibility index (Phi) is 5.11. The van der Waals surface area contributed by atoms with Gasteiger partial charge >= 0.3 is 0 Å². The van der Waals surface area contributed by atoms with Gasteiger partial charge in [-0.3, -0.25) is 0 Å². The molecular formula is C14H13BrCl2N2. The summed E-state index contributed by atoms with van der Waals surface area (Å²) in [5.74, 6) is 0. The van der Waals surface area contributed by atoms with E-state index < -0.39 is 0 Å². The van der Waals surface area contributed by atoms with E-state index in [1.165, 1.54) is 0 Å². The first-order chi connectivity index (χ1) is 9.10. The number of nitrogens with two attached hydrogens (primary N) is 1. The van der Waals surface area contributed by atoms with Gasteiger partial charge in [0.1, 0.15) is 0 Å². The van der Waals surface area contributed by atoms with Crippen molar-refractivity contribution in [3.63, 3.8) is 0 Å². The molecular weight excluding hydrogens is 347 g/mol. The number of halogens is 3. The number of rotatable bonds is 4. The molecule has 2 rings (SSSR count). The molecule has 0 bridgehead atoms. The van der Waals surface area contributed by atoms with Crippen molar-refractivity contribution < 1.29 is 0 Å². The van der Waals surface area contributed by atoms with Gasteiger partial charge in [-0.1, -0.05) is 45.2 Å². The third-order valence-electron chi connectivity index (χ3n) is 2.73. The van der Waals surface area contributed by atoms with E-state index in [-0.39, 0.29) is 6.04 Å². The average Bonchev–Trinajstić information content (AvgIpc) is 2.39. The molecule has 5 heteroatoms. The number of hydrogen-bond donors (Lipinski definition) is 2. The van der Waals surface area contributed by atoms with Crippen LogP contribution in [0.3, 0.4) is 0 Å². The summed E-state index contributed by atoms with van der Waals surface area (Å²) in [6.45, 7) is 0.433. The lowest BCUT2D eigenvalue weighted by Gasteiger charge is -2.20. The first kappa shape index (κ1) is 14.7. The highest BCUT2D eigenvalue weighted by atomic mass is 79.9. The van der Waals surface area contributed by atoms with Crippen molar-refractivity contribution in [2.24, 2.45) is 5.73 Å². The zero-order chi connectivity index (χ0) is 13.8. The fraction of sp³-hybridized carbons (Fsp3) is 0.143. The molecule has 0 amide bonds. The molecule has 19 heavy (non-hydrogen) atoms.